The van der Waals surface area contributed by atoms with Crippen LogP contribution in [-0.2, 0) is 6.42 Å². The van der Waals surface area contributed by atoms with Gasteiger partial charge in [-0.2, -0.15) is 0 Å². The summed E-state index contributed by atoms with van der Waals surface area (Å²) in [7, 11) is 0. The summed E-state index contributed by atoms with van der Waals surface area (Å²) in [5, 5.41) is 0. The highest BCUT2D eigenvalue weighted by Gasteiger charge is 2.16. The highest BCUT2D eigenvalue weighted by molar-refractivity contribution is 9.10. The van der Waals surface area contributed by atoms with E-state index >= 15 is 0 Å². The van der Waals surface area contributed by atoms with Crippen LogP contribution in [0.3, 0.4) is 0 Å². The van der Waals surface area contributed by atoms with E-state index in [-0.39, 0.29) is 10.6 Å². The van der Waals surface area contributed by atoms with Crippen LogP contribution in [0.5, 0.6) is 0 Å². The van der Waals surface area contributed by atoms with Crippen LogP contribution >= 0.6 is 15.9 Å². The second-order valence-electron chi connectivity index (χ2n) is 3.89. The fourth-order valence-corrected chi connectivity index (χ4v) is 2.34. The molecule has 0 saturated carbocycles. The normalized spacial score (nSPS) is 12.1. The molecule has 0 aliphatic carbocycles. The van der Waals surface area contributed by atoms with Gasteiger partial charge in [0.05, 0.1) is 4.83 Å². The summed E-state index contributed by atoms with van der Waals surface area (Å²) in [6, 6.07) is 19.4. The lowest BCUT2D eigenvalue weighted by molar-refractivity contribution is 0.0991. The van der Waals surface area contributed by atoms with Crippen LogP contribution in [-0.4, -0.2) is 10.6 Å². The number of halogens is 1. The SMILES string of the molecule is O=C(c1ccccc1)C(Br)Cc1ccccc1. The van der Waals surface area contributed by atoms with E-state index in [4.69, 9.17) is 0 Å². The first-order chi connectivity index (χ1) is 8.27. The number of ketones is 1. The lowest BCUT2D eigenvalue weighted by Crippen LogP contribution is -2.16. The molecule has 1 nitrogen and oxygen atoms in total. The Balaban J connectivity index is 2.06. The van der Waals surface area contributed by atoms with Crippen molar-refractivity contribution in [3.63, 3.8) is 0 Å². The van der Waals surface area contributed by atoms with E-state index in [9.17, 15) is 4.79 Å². The summed E-state index contributed by atoms with van der Waals surface area (Å²) in [5.41, 5.74) is 1.92. The summed E-state index contributed by atoms with van der Waals surface area (Å²) >= 11 is 3.47. The van der Waals surface area contributed by atoms with E-state index in [1.165, 1.54) is 5.56 Å². The van der Waals surface area contributed by atoms with Gasteiger partial charge in [-0.1, -0.05) is 76.6 Å². The van der Waals surface area contributed by atoms with Gasteiger partial charge < -0.3 is 0 Å². The molecule has 0 fully saturated rings. The van der Waals surface area contributed by atoms with E-state index in [0.29, 0.717) is 6.42 Å². The smallest absolute Gasteiger partial charge is 0.176 e. The van der Waals surface area contributed by atoms with Crippen LogP contribution in [0.2, 0.25) is 0 Å². The fraction of sp³-hybridized carbons (Fsp3) is 0.133. The molecule has 2 aromatic rings. The Hall–Kier alpha value is -1.41. The van der Waals surface area contributed by atoms with Crippen molar-refractivity contribution < 1.29 is 4.79 Å². The van der Waals surface area contributed by atoms with Gasteiger partial charge in [-0.15, -0.1) is 0 Å². The number of alkyl halides is 1. The van der Waals surface area contributed by atoms with Crippen molar-refractivity contribution in [2.45, 2.75) is 11.2 Å². The van der Waals surface area contributed by atoms with Crippen molar-refractivity contribution in [3.8, 4) is 0 Å². The molecule has 0 aromatic heterocycles. The molecule has 17 heavy (non-hydrogen) atoms. The molecule has 2 rings (SSSR count). The quantitative estimate of drug-likeness (QED) is 0.616. The van der Waals surface area contributed by atoms with Crippen LogP contribution in [0.4, 0.5) is 0 Å². The first-order valence-electron chi connectivity index (χ1n) is 5.54. The van der Waals surface area contributed by atoms with Crippen molar-refractivity contribution in [2.75, 3.05) is 0 Å². The van der Waals surface area contributed by atoms with E-state index in [1.807, 2.05) is 60.7 Å². The van der Waals surface area contributed by atoms with Crippen molar-refractivity contribution in [3.05, 3.63) is 71.8 Å². The van der Waals surface area contributed by atoms with Gasteiger partial charge in [0.15, 0.2) is 5.78 Å². The summed E-state index contributed by atoms with van der Waals surface area (Å²) in [5.74, 6) is 0.134. The van der Waals surface area contributed by atoms with E-state index < -0.39 is 0 Å². The summed E-state index contributed by atoms with van der Waals surface area (Å²) in [6.07, 6.45) is 0.717. The predicted molar refractivity (Wildman–Crippen MR) is 73.6 cm³/mol. The average molecular weight is 289 g/mol. The first kappa shape index (κ1) is 12.1. The highest BCUT2D eigenvalue weighted by atomic mass is 79.9. The molecule has 0 heterocycles. The molecule has 2 heteroatoms. The molecule has 1 unspecified atom stereocenters. The van der Waals surface area contributed by atoms with E-state index in [0.717, 1.165) is 5.56 Å². The number of carbonyl (C=O) groups excluding carboxylic acids is 1. The van der Waals surface area contributed by atoms with Crippen LogP contribution < -0.4 is 0 Å². The largest absolute Gasteiger partial charge is 0.293 e. The van der Waals surface area contributed by atoms with Crippen molar-refractivity contribution in [1.29, 1.82) is 0 Å². The molecule has 0 aliphatic heterocycles. The number of rotatable bonds is 4. The number of carbonyl (C=O) groups is 1. The van der Waals surface area contributed by atoms with Crippen LogP contribution in [0.1, 0.15) is 15.9 Å². The van der Waals surface area contributed by atoms with Crippen molar-refractivity contribution in [2.24, 2.45) is 0 Å². The number of Topliss-reactive ketones (excluding diaryl/α,β-unsaturated/α-hetero) is 1. The summed E-state index contributed by atoms with van der Waals surface area (Å²) in [4.78, 5) is 11.9. The lowest BCUT2D eigenvalue weighted by Gasteiger charge is -2.08. The third-order valence-electron chi connectivity index (χ3n) is 2.60. The Kier molecular flexibility index (Phi) is 4.10. The minimum atomic E-state index is -0.160. The minimum Gasteiger partial charge on any atom is -0.293 e. The Morgan fingerprint density at radius 3 is 2.06 bits per heavy atom. The van der Waals surface area contributed by atoms with Crippen LogP contribution in [0.25, 0.3) is 0 Å². The van der Waals surface area contributed by atoms with Crippen LogP contribution in [0, 0.1) is 0 Å². The molecule has 86 valence electrons. The maximum atomic E-state index is 12.1. The molecular weight excluding hydrogens is 276 g/mol. The standard InChI is InChI=1S/C15H13BrO/c16-14(11-12-7-3-1-4-8-12)15(17)13-9-5-2-6-10-13/h1-10,14H,11H2. The number of hydrogen-bond acceptors (Lipinski definition) is 1. The van der Waals surface area contributed by atoms with Gasteiger partial charge in [-0.3, -0.25) is 4.79 Å². The predicted octanol–water partition coefficient (Wildman–Crippen LogP) is 3.88. The van der Waals surface area contributed by atoms with Gasteiger partial charge in [0.25, 0.3) is 0 Å². The number of hydrogen-bond donors (Lipinski definition) is 0. The lowest BCUT2D eigenvalue weighted by atomic mass is 10.0. The molecule has 0 amide bonds. The van der Waals surface area contributed by atoms with E-state index in [2.05, 4.69) is 15.9 Å². The Morgan fingerprint density at radius 2 is 1.47 bits per heavy atom. The topological polar surface area (TPSA) is 17.1 Å². The molecule has 0 radical (unpaired) electrons. The second kappa shape index (κ2) is 5.78. The Labute approximate surface area is 110 Å². The Bertz CT molecular complexity index is 479. The van der Waals surface area contributed by atoms with Gasteiger partial charge in [0.1, 0.15) is 0 Å². The third kappa shape index (κ3) is 3.27. The monoisotopic (exact) mass is 288 g/mol. The fourth-order valence-electron chi connectivity index (χ4n) is 1.70. The molecule has 1 atom stereocenters. The Morgan fingerprint density at radius 1 is 0.941 bits per heavy atom. The van der Waals surface area contributed by atoms with Crippen LogP contribution in [0.15, 0.2) is 60.7 Å². The van der Waals surface area contributed by atoms with Gasteiger partial charge >= 0.3 is 0 Å². The van der Waals surface area contributed by atoms with Crippen molar-refractivity contribution >= 4 is 21.7 Å². The van der Waals surface area contributed by atoms with Gasteiger partial charge in [-0.25, -0.2) is 0 Å². The zero-order chi connectivity index (χ0) is 12.1. The molecular formula is C15H13BrO. The average Bonchev–Trinajstić information content (AvgIpc) is 2.40. The zero-order valence-electron chi connectivity index (χ0n) is 9.34. The maximum absolute atomic E-state index is 12.1. The molecule has 2 aromatic carbocycles. The van der Waals surface area contributed by atoms with Gasteiger partial charge in [-0.05, 0) is 12.0 Å². The minimum absolute atomic E-state index is 0.134. The second-order valence-corrected chi connectivity index (χ2v) is 4.99. The van der Waals surface area contributed by atoms with Gasteiger partial charge in [0.2, 0.25) is 0 Å². The molecule has 0 bridgehead atoms. The first-order valence-corrected chi connectivity index (χ1v) is 6.46. The molecule has 0 N–H and O–H groups in total. The third-order valence-corrected chi connectivity index (χ3v) is 3.34. The van der Waals surface area contributed by atoms with Crippen molar-refractivity contribution in [1.82, 2.24) is 0 Å². The maximum Gasteiger partial charge on any atom is 0.176 e. The van der Waals surface area contributed by atoms with E-state index in [1.54, 1.807) is 0 Å². The summed E-state index contributed by atoms with van der Waals surface area (Å²) in [6.45, 7) is 0. The summed E-state index contributed by atoms with van der Waals surface area (Å²) < 4.78 is 0. The highest BCUT2D eigenvalue weighted by Crippen LogP contribution is 2.15. The van der Waals surface area contributed by atoms with Gasteiger partial charge in [0, 0.05) is 5.56 Å². The number of benzene rings is 2. The zero-order valence-corrected chi connectivity index (χ0v) is 10.9. The molecule has 0 saturated heterocycles. The molecule has 0 aliphatic rings. The molecule has 0 spiro atoms.